The van der Waals surface area contributed by atoms with Gasteiger partial charge >= 0.3 is 6.03 Å². The number of imide groups is 1. The Hall–Kier alpha value is -3.45. The lowest BCUT2D eigenvalue weighted by molar-refractivity contribution is -0.125. The van der Waals surface area contributed by atoms with Gasteiger partial charge < -0.3 is 10.6 Å². The zero-order chi connectivity index (χ0) is 23.5. The van der Waals surface area contributed by atoms with Gasteiger partial charge in [-0.25, -0.2) is 21.6 Å². The minimum Gasteiger partial charge on any atom is -0.329 e. The predicted octanol–water partition coefficient (Wildman–Crippen LogP) is 0.771. The summed E-state index contributed by atoms with van der Waals surface area (Å²) in [5.74, 6) is -0.843. The second-order valence-electron chi connectivity index (χ2n) is 6.90. The summed E-state index contributed by atoms with van der Waals surface area (Å²) in [6, 6.07) is 10.4. The lowest BCUT2D eigenvalue weighted by Gasteiger charge is -2.13. The number of carbonyl (C=O) groups excluding carboxylic acids is 3. The average molecular weight is 481 g/mol. The number of rotatable bonds is 8. The van der Waals surface area contributed by atoms with Crippen molar-refractivity contribution in [2.24, 2.45) is 0 Å². The number of amides is 4. The molecule has 0 bridgehead atoms. The highest BCUT2D eigenvalue weighted by Gasteiger charge is 2.28. The molecule has 3 N–H and O–H groups in total. The molecule has 1 aliphatic heterocycles. The number of carbonyl (C=O) groups is 3. The van der Waals surface area contributed by atoms with Crippen LogP contribution in [0.25, 0.3) is 0 Å². The average Bonchev–Trinajstić information content (AvgIpc) is 3.04. The van der Waals surface area contributed by atoms with E-state index >= 15 is 0 Å². The Labute approximate surface area is 184 Å². The van der Waals surface area contributed by atoms with E-state index in [9.17, 15) is 31.2 Å². The Morgan fingerprint density at radius 1 is 0.969 bits per heavy atom. The van der Waals surface area contributed by atoms with Crippen LogP contribution >= 0.6 is 0 Å². The van der Waals surface area contributed by atoms with Crippen molar-refractivity contribution in [2.45, 2.75) is 16.2 Å². The highest BCUT2D eigenvalue weighted by Crippen LogP contribution is 2.24. The van der Waals surface area contributed by atoms with Gasteiger partial charge in [0.25, 0.3) is 10.0 Å². The maximum Gasteiger partial charge on any atom is 0.324 e. The molecule has 0 radical (unpaired) electrons. The molecule has 170 valence electrons. The Balaban J connectivity index is 1.64. The fraction of sp³-hybridized carbons (Fsp3) is 0.211. The zero-order valence-electron chi connectivity index (χ0n) is 16.9. The van der Waals surface area contributed by atoms with E-state index in [1.807, 2.05) is 0 Å². The van der Waals surface area contributed by atoms with Crippen molar-refractivity contribution in [3.05, 3.63) is 48.5 Å². The first-order valence-corrected chi connectivity index (χ1v) is 12.6. The first-order chi connectivity index (χ1) is 15.0. The Morgan fingerprint density at radius 2 is 1.56 bits per heavy atom. The Bertz CT molecular complexity index is 1260. The van der Waals surface area contributed by atoms with Crippen LogP contribution in [-0.2, 0) is 29.4 Å². The van der Waals surface area contributed by atoms with E-state index in [-0.39, 0.29) is 35.0 Å². The number of urea groups is 1. The molecule has 1 aliphatic rings. The molecule has 13 heteroatoms. The molecular weight excluding hydrogens is 460 g/mol. The van der Waals surface area contributed by atoms with Crippen LogP contribution < -0.4 is 15.4 Å². The Kier molecular flexibility index (Phi) is 6.50. The van der Waals surface area contributed by atoms with Crippen LogP contribution in [0.5, 0.6) is 0 Å². The highest BCUT2D eigenvalue weighted by molar-refractivity contribution is 7.95. The molecule has 0 aliphatic carbocycles. The first kappa shape index (κ1) is 23.2. The molecule has 0 spiro atoms. The van der Waals surface area contributed by atoms with Crippen molar-refractivity contribution < 1.29 is 31.2 Å². The maximum absolute atomic E-state index is 12.7. The summed E-state index contributed by atoms with van der Waals surface area (Å²) in [6.45, 7) is -0.152. The number of sulfonamides is 1. The van der Waals surface area contributed by atoms with Crippen LogP contribution in [0.15, 0.2) is 58.3 Å². The summed E-state index contributed by atoms with van der Waals surface area (Å²) in [5, 5.41) is 4.94. The molecule has 2 aromatic rings. The highest BCUT2D eigenvalue weighted by atomic mass is 32.2. The summed E-state index contributed by atoms with van der Waals surface area (Å²) in [4.78, 5) is 35.3. The number of anilines is 2. The number of sulfone groups is 1. The van der Waals surface area contributed by atoms with E-state index in [0.717, 1.165) is 11.2 Å². The molecule has 2 aromatic carbocycles. The number of nitrogens with one attached hydrogen (secondary N) is 3. The number of benzene rings is 2. The molecular formula is C19H20N4O7S2. The van der Waals surface area contributed by atoms with Crippen molar-refractivity contribution in [2.75, 3.05) is 29.4 Å². The number of hydrogen-bond donors (Lipinski definition) is 3. The SMILES string of the molecule is CS(=O)(=O)c1ccccc1S(=O)(=O)Nc1ccc(NC(=O)CCN2C(=O)CNC2=O)cc1. The van der Waals surface area contributed by atoms with Gasteiger partial charge in [0, 0.05) is 30.6 Å². The molecule has 0 aromatic heterocycles. The minimum absolute atomic E-state index is 0.0614. The van der Waals surface area contributed by atoms with Gasteiger partial charge in [-0.15, -0.1) is 0 Å². The van der Waals surface area contributed by atoms with Gasteiger partial charge in [-0.05, 0) is 36.4 Å². The predicted molar refractivity (Wildman–Crippen MR) is 115 cm³/mol. The lowest BCUT2D eigenvalue weighted by atomic mass is 10.2. The van der Waals surface area contributed by atoms with Crippen LogP contribution in [0.1, 0.15) is 6.42 Å². The minimum atomic E-state index is -4.18. The second-order valence-corrected chi connectivity index (χ2v) is 10.5. The van der Waals surface area contributed by atoms with Crippen molar-refractivity contribution in [1.29, 1.82) is 0 Å². The maximum atomic E-state index is 12.7. The molecule has 0 unspecified atom stereocenters. The van der Waals surface area contributed by atoms with E-state index in [2.05, 4.69) is 15.4 Å². The van der Waals surface area contributed by atoms with Crippen LogP contribution in [0.4, 0.5) is 16.2 Å². The summed E-state index contributed by atoms with van der Waals surface area (Å²) in [5.41, 5.74) is 0.525. The summed E-state index contributed by atoms with van der Waals surface area (Å²) in [6.07, 6.45) is 0.820. The molecule has 4 amide bonds. The molecule has 1 heterocycles. The van der Waals surface area contributed by atoms with E-state index in [4.69, 9.17) is 0 Å². The topological polar surface area (TPSA) is 159 Å². The smallest absolute Gasteiger partial charge is 0.324 e. The third kappa shape index (κ3) is 5.42. The normalized spacial score (nSPS) is 14.2. The molecule has 11 nitrogen and oxygen atoms in total. The molecule has 0 atom stereocenters. The molecule has 1 saturated heterocycles. The van der Waals surface area contributed by atoms with Gasteiger partial charge in [0.05, 0.1) is 11.4 Å². The van der Waals surface area contributed by atoms with Gasteiger partial charge in [-0.1, -0.05) is 12.1 Å². The van der Waals surface area contributed by atoms with Gasteiger partial charge in [0.1, 0.15) is 4.90 Å². The van der Waals surface area contributed by atoms with E-state index in [1.165, 1.54) is 48.5 Å². The number of nitrogens with zero attached hydrogens (tertiary/aromatic N) is 1. The van der Waals surface area contributed by atoms with Crippen molar-refractivity contribution >= 4 is 49.1 Å². The van der Waals surface area contributed by atoms with Crippen molar-refractivity contribution in [3.8, 4) is 0 Å². The van der Waals surface area contributed by atoms with Gasteiger partial charge in [0.15, 0.2) is 9.84 Å². The number of hydrogen-bond acceptors (Lipinski definition) is 7. The first-order valence-electron chi connectivity index (χ1n) is 9.27. The third-order valence-corrected chi connectivity index (χ3v) is 7.18. The quantitative estimate of drug-likeness (QED) is 0.471. The molecule has 1 fully saturated rings. The van der Waals surface area contributed by atoms with Crippen LogP contribution in [0, 0.1) is 0 Å². The van der Waals surface area contributed by atoms with Crippen molar-refractivity contribution in [3.63, 3.8) is 0 Å². The lowest BCUT2D eigenvalue weighted by Crippen LogP contribution is -2.33. The van der Waals surface area contributed by atoms with Crippen LogP contribution in [-0.4, -0.2) is 58.9 Å². The third-order valence-electron chi connectivity index (χ3n) is 4.46. The van der Waals surface area contributed by atoms with Gasteiger partial charge in [0.2, 0.25) is 11.8 Å². The van der Waals surface area contributed by atoms with E-state index < -0.39 is 37.7 Å². The zero-order valence-corrected chi connectivity index (χ0v) is 18.5. The van der Waals surface area contributed by atoms with Gasteiger partial charge in [-0.2, -0.15) is 0 Å². The summed E-state index contributed by atoms with van der Waals surface area (Å²) < 4.78 is 51.5. The van der Waals surface area contributed by atoms with Crippen LogP contribution in [0.3, 0.4) is 0 Å². The standard InChI is InChI=1S/C19H20N4O7S2/c1-31(27,28)15-4-2-3-5-16(15)32(29,30)22-14-8-6-13(7-9-14)21-17(24)10-11-23-18(25)12-20-19(23)26/h2-9,22H,10-12H2,1H3,(H,20,26)(H,21,24). The second kappa shape index (κ2) is 8.96. The fourth-order valence-corrected chi connectivity index (χ4v) is 5.62. The monoisotopic (exact) mass is 480 g/mol. The van der Waals surface area contributed by atoms with E-state index in [1.54, 1.807) is 0 Å². The summed E-state index contributed by atoms with van der Waals surface area (Å²) in [7, 11) is -7.95. The largest absolute Gasteiger partial charge is 0.329 e. The molecule has 0 saturated carbocycles. The van der Waals surface area contributed by atoms with Gasteiger partial charge in [-0.3, -0.25) is 19.2 Å². The van der Waals surface area contributed by atoms with Crippen molar-refractivity contribution in [1.82, 2.24) is 10.2 Å². The van der Waals surface area contributed by atoms with E-state index in [0.29, 0.717) is 5.69 Å². The van der Waals surface area contributed by atoms with Crippen LogP contribution in [0.2, 0.25) is 0 Å². The Morgan fingerprint density at radius 3 is 2.12 bits per heavy atom. The molecule has 32 heavy (non-hydrogen) atoms. The summed E-state index contributed by atoms with van der Waals surface area (Å²) >= 11 is 0. The molecule has 3 rings (SSSR count). The fourth-order valence-electron chi connectivity index (χ4n) is 2.93.